The van der Waals surface area contributed by atoms with Crippen LogP contribution in [0.4, 0.5) is 0 Å². The Kier molecular flexibility index (Phi) is 5.14. The van der Waals surface area contributed by atoms with Crippen molar-refractivity contribution in [2.24, 2.45) is 5.92 Å². The zero-order valence-electron chi connectivity index (χ0n) is 17.1. The van der Waals surface area contributed by atoms with Crippen molar-refractivity contribution in [1.29, 1.82) is 0 Å². The highest BCUT2D eigenvalue weighted by Gasteiger charge is 2.19. The molecule has 0 bridgehead atoms. The molecule has 3 heteroatoms. The quantitative estimate of drug-likeness (QED) is 0.561. The summed E-state index contributed by atoms with van der Waals surface area (Å²) in [5.74, 6) is 1.11. The fourth-order valence-corrected chi connectivity index (χ4v) is 2.98. The van der Waals surface area contributed by atoms with Crippen molar-refractivity contribution >= 4 is 11.0 Å². The maximum atomic E-state index is 13.1. The number of rotatable bonds is 4. The summed E-state index contributed by atoms with van der Waals surface area (Å²) in [4.78, 5) is 13.1. The molecular weight excluding hydrogens is 336 g/mol. The minimum atomic E-state index is -0.115. The van der Waals surface area contributed by atoms with E-state index in [0.717, 1.165) is 11.1 Å². The van der Waals surface area contributed by atoms with Gasteiger partial charge in [0.15, 0.2) is 5.76 Å². The van der Waals surface area contributed by atoms with E-state index in [2.05, 4.69) is 46.8 Å². The lowest BCUT2D eigenvalue weighted by atomic mass is 9.86. The Morgan fingerprint density at radius 3 is 2.30 bits per heavy atom. The van der Waals surface area contributed by atoms with Gasteiger partial charge in [-0.3, -0.25) is 4.79 Å². The van der Waals surface area contributed by atoms with Crippen LogP contribution >= 0.6 is 0 Å². The van der Waals surface area contributed by atoms with E-state index in [1.165, 1.54) is 5.56 Å². The summed E-state index contributed by atoms with van der Waals surface area (Å²) in [5, 5.41) is 0.559. The van der Waals surface area contributed by atoms with E-state index in [4.69, 9.17) is 9.15 Å². The van der Waals surface area contributed by atoms with Crippen molar-refractivity contribution in [2.45, 2.75) is 47.0 Å². The van der Waals surface area contributed by atoms with E-state index >= 15 is 0 Å². The molecule has 0 saturated carbocycles. The number of hydrogen-bond donors (Lipinski definition) is 0. The van der Waals surface area contributed by atoms with E-state index in [-0.39, 0.29) is 10.8 Å². The Morgan fingerprint density at radius 2 is 1.70 bits per heavy atom. The van der Waals surface area contributed by atoms with E-state index in [9.17, 15) is 4.79 Å². The molecule has 0 fully saturated rings. The molecule has 2 aromatic carbocycles. The molecule has 0 amide bonds. The minimum absolute atomic E-state index is 0.0667. The van der Waals surface area contributed by atoms with Crippen LogP contribution in [0.1, 0.15) is 45.7 Å². The van der Waals surface area contributed by atoms with Crippen molar-refractivity contribution in [1.82, 2.24) is 0 Å². The Morgan fingerprint density at radius 1 is 1.04 bits per heavy atom. The van der Waals surface area contributed by atoms with Crippen LogP contribution in [0.3, 0.4) is 0 Å². The molecule has 1 aromatic heterocycles. The topological polar surface area (TPSA) is 39.4 Å². The molecular formula is C24H28O3. The second kappa shape index (κ2) is 7.22. The molecule has 0 saturated heterocycles. The third-order valence-corrected chi connectivity index (χ3v) is 4.58. The summed E-state index contributed by atoms with van der Waals surface area (Å²) >= 11 is 0. The fourth-order valence-electron chi connectivity index (χ4n) is 2.98. The molecule has 0 radical (unpaired) electrons. The van der Waals surface area contributed by atoms with Gasteiger partial charge >= 0.3 is 0 Å². The largest absolute Gasteiger partial charge is 0.486 e. The summed E-state index contributed by atoms with van der Waals surface area (Å²) in [6.07, 6.45) is 0. The molecule has 0 N–H and O–H groups in total. The molecule has 1 heterocycles. The monoisotopic (exact) mass is 364 g/mol. The van der Waals surface area contributed by atoms with Gasteiger partial charge in [-0.05, 0) is 36.0 Å². The van der Waals surface area contributed by atoms with Crippen molar-refractivity contribution in [2.75, 3.05) is 6.61 Å². The number of fused-ring (bicyclic) bond motifs is 1. The standard InChI is InChI=1S/C24H28O3/c1-15(2)14-26-23-21(25)19-13-16(3)7-12-20(19)27-22(23)17-8-10-18(11-9-17)24(4,5)6/h7-13,15H,14H2,1-6H3. The van der Waals surface area contributed by atoms with Crippen LogP contribution in [-0.4, -0.2) is 6.61 Å². The lowest BCUT2D eigenvalue weighted by Gasteiger charge is -2.19. The van der Waals surface area contributed by atoms with E-state index in [1.807, 2.05) is 37.3 Å². The molecule has 3 aromatic rings. The number of aryl methyl sites for hydroxylation is 1. The van der Waals surface area contributed by atoms with E-state index in [1.54, 1.807) is 0 Å². The van der Waals surface area contributed by atoms with Crippen molar-refractivity contribution < 1.29 is 9.15 Å². The summed E-state index contributed by atoms with van der Waals surface area (Å²) in [6.45, 7) is 13.1. The SMILES string of the molecule is Cc1ccc2oc(-c3ccc(C(C)(C)C)cc3)c(OCC(C)C)c(=O)c2c1. The second-order valence-corrected chi connectivity index (χ2v) is 8.62. The van der Waals surface area contributed by atoms with Crippen LogP contribution in [0.25, 0.3) is 22.3 Å². The maximum absolute atomic E-state index is 13.1. The Balaban J connectivity index is 2.19. The molecule has 142 valence electrons. The Labute approximate surface area is 161 Å². The van der Waals surface area contributed by atoms with Gasteiger partial charge in [0.25, 0.3) is 0 Å². The summed E-state index contributed by atoms with van der Waals surface area (Å²) in [7, 11) is 0. The molecule has 0 atom stereocenters. The average Bonchev–Trinajstić information content (AvgIpc) is 2.60. The molecule has 27 heavy (non-hydrogen) atoms. The zero-order chi connectivity index (χ0) is 19.8. The molecule has 0 unspecified atom stereocenters. The molecule has 3 nitrogen and oxygen atoms in total. The van der Waals surface area contributed by atoms with Crippen molar-refractivity contribution in [3.8, 4) is 17.1 Å². The Bertz CT molecular complexity index is 1000. The van der Waals surface area contributed by atoms with Gasteiger partial charge in [-0.1, -0.05) is 70.5 Å². The van der Waals surface area contributed by atoms with Crippen LogP contribution in [-0.2, 0) is 5.41 Å². The van der Waals surface area contributed by atoms with Crippen LogP contribution in [0, 0.1) is 12.8 Å². The van der Waals surface area contributed by atoms with E-state index in [0.29, 0.717) is 35.0 Å². The number of hydrogen-bond acceptors (Lipinski definition) is 3. The third kappa shape index (κ3) is 4.08. The van der Waals surface area contributed by atoms with Gasteiger partial charge in [-0.2, -0.15) is 0 Å². The second-order valence-electron chi connectivity index (χ2n) is 8.62. The molecule has 0 aliphatic rings. The maximum Gasteiger partial charge on any atom is 0.235 e. The van der Waals surface area contributed by atoms with Gasteiger partial charge in [0.05, 0.1) is 12.0 Å². The summed E-state index contributed by atoms with van der Waals surface area (Å²) in [6, 6.07) is 13.8. The number of ether oxygens (including phenoxy) is 1. The fraction of sp³-hybridized carbons (Fsp3) is 0.375. The molecule has 0 spiro atoms. The Hall–Kier alpha value is -2.55. The summed E-state index contributed by atoms with van der Waals surface area (Å²) in [5.41, 5.74) is 3.63. The summed E-state index contributed by atoms with van der Waals surface area (Å²) < 4.78 is 12.1. The van der Waals surface area contributed by atoms with Gasteiger partial charge < -0.3 is 9.15 Å². The lowest BCUT2D eigenvalue weighted by Crippen LogP contribution is -2.14. The lowest BCUT2D eigenvalue weighted by molar-refractivity contribution is 0.265. The first-order valence-electron chi connectivity index (χ1n) is 9.48. The zero-order valence-corrected chi connectivity index (χ0v) is 17.1. The molecule has 0 aliphatic heterocycles. The van der Waals surface area contributed by atoms with E-state index < -0.39 is 0 Å². The molecule has 3 rings (SSSR count). The van der Waals surface area contributed by atoms with Gasteiger partial charge in [0, 0.05) is 5.56 Å². The first kappa shape index (κ1) is 19.2. The highest BCUT2D eigenvalue weighted by molar-refractivity contribution is 5.82. The van der Waals surface area contributed by atoms with Gasteiger partial charge in [-0.15, -0.1) is 0 Å². The average molecular weight is 364 g/mol. The highest BCUT2D eigenvalue weighted by Crippen LogP contribution is 2.33. The number of benzene rings is 2. The van der Waals surface area contributed by atoms with Crippen molar-refractivity contribution in [3.63, 3.8) is 0 Å². The highest BCUT2D eigenvalue weighted by atomic mass is 16.5. The first-order valence-corrected chi connectivity index (χ1v) is 9.48. The third-order valence-electron chi connectivity index (χ3n) is 4.58. The predicted octanol–water partition coefficient (Wildman–Crippen LogP) is 6.10. The van der Waals surface area contributed by atoms with Gasteiger partial charge in [0.1, 0.15) is 5.58 Å². The minimum Gasteiger partial charge on any atom is -0.486 e. The normalized spacial score (nSPS) is 12.0. The van der Waals surface area contributed by atoms with Crippen molar-refractivity contribution in [3.05, 3.63) is 63.8 Å². The smallest absolute Gasteiger partial charge is 0.235 e. The van der Waals surface area contributed by atoms with Gasteiger partial charge in [0.2, 0.25) is 11.2 Å². The molecule has 0 aliphatic carbocycles. The van der Waals surface area contributed by atoms with Crippen LogP contribution in [0.15, 0.2) is 51.7 Å². The van der Waals surface area contributed by atoms with Gasteiger partial charge in [-0.25, -0.2) is 0 Å². The predicted molar refractivity (Wildman–Crippen MR) is 112 cm³/mol. The van der Waals surface area contributed by atoms with Crippen LogP contribution < -0.4 is 10.2 Å². The first-order chi connectivity index (χ1) is 12.7. The van der Waals surface area contributed by atoms with Crippen LogP contribution in [0.2, 0.25) is 0 Å². The van der Waals surface area contributed by atoms with Crippen LogP contribution in [0.5, 0.6) is 5.75 Å².